The fourth-order valence-corrected chi connectivity index (χ4v) is 4.67. The van der Waals surface area contributed by atoms with Crippen molar-refractivity contribution in [2.75, 3.05) is 12.3 Å². The Morgan fingerprint density at radius 3 is 2.47 bits per heavy atom. The van der Waals surface area contributed by atoms with Gasteiger partial charge in [-0.25, -0.2) is 8.42 Å². The second kappa shape index (κ2) is 5.82. The molecule has 6 heteroatoms. The molecule has 0 aromatic heterocycles. The van der Waals surface area contributed by atoms with Crippen molar-refractivity contribution in [3.8, 4) is 0 Å². The summed E-state index contributed by atoms with van der Waals surface area (Å²) in [5.41, 5.74) is 10.6. The number of hydrogen-bond acceptors (Lipinski definition) is 4. The van der Waals surface area contributed by atoms with E-state index >= 15 is 0 Å². The molecule has 1 aliphatic carbocycles. The van der Waals surface area contributed by atoms with E-state index in [4.69, 9.17) is 11.5 Å². The highest BCUT2D eigenvalue weighted by Crippen LogP contribution is 2.34. The van der Waals surface area contributed by atoms with Crippen LogP contribution in [0.5, 0.6) is 0 Å². The average molecular weight is 262 g/mol. The highest BCUT2D eigenvalue weighted by atomic mass is 32.2. The van der Waals surface area contributed by atoms with Crippen LogP contribution in [0.2, 0.25) is 0 Å². The molecule has 0 bridgehead atoms. The molecule has 5 nitrogen and oxygen atoms in total. The number of nitrogens with two attached hydrogens (primary N) is 2. The third kappa shape index (κ3) is 3.67. The molecule has 0 aromatic rings. The Balaban J connectivity index is 2.85. The average Bonchev–Trinajstić information content (AvgIpc) is 2.26. The molecule has 3 unspecified atom stereocenters. The lowest BCUT2D eigenvalue weighted by Gasteiger charge is -2.34. The summed E-state index contributed by atoms with van der Waals surface area (Å²) in [6, 6.07) is 0. The Morgan fingerprint density at radius 2 is 2.00 bits per heavy atom. The Labute approximate surface area is 103 Å². The molecule has 1 aliphatic rings. The van der Waals surface area contributed by atoms with Crippen LogP contribution in [0.3, 0.4) is 0 Å². The Morgan fingerprint density at radius 1 is 1.35 bits per heavy atom. The largest absolute Gasteiger partial charge is 0.369 e. The molecule has 100 valence electrons. The highest BCUT2D eigenvalue weighted by molar-refractivity contribution is 7.92. The summed E-state index contributed by atoms with van der Waals surface area (Å²) in [7, 11) is -3.44. The van der Waals surface area contributed by atoms with E-state index in [0.717, 1.165) is 19.3 Å². The summed E-state index contributed by atoms with van der Waals surface area (Å²) in [5, 5.41) is -0.487. The van der Waals surface area contributed by atoms with Crippen LogP contribution < -0.4 is 11.5 Å². The maximum atomic E-state index is 12.1. The number of sulfone groups is 1. The lowest BCUT2D eigenvalue weighted by Crippen LogP contribution is -2.42. The van der Waals surface area contributed by atoms with Gasteiger partial charge in [-0.3, -0.25) is 4.79 Å². The third-order valence-electron chi connectivity index (χ3n) is 3.72. The van der Waals surface area contributed by atoms with Gasteiger partial charge < -0.3 is 11.5 Å². The van der Waals surface area contributed by atoms with E-state index < -0.39 is 26.7 Å². The van der Waals surface area contributed by atoms with Crippen molar-refractivity contribution >= 4 is 15.7 Å². The van der Waals surface area contributed by atoms with E-state index in [2.05, 4.69) is 6.92 Å². The van der Waals surface area contributed by atoms with Gasteiger partial charge >= 0.3 is 0 Å². The molecule has 0 aromatic carbocycles. The fraction of sp³-hybridized carbons (Fsp3) is 0.909. The van der Waals surface area contributed by atoms with E-state index in [1.165, 1.54) is 0 Å². The van der Waals surface area contributed by atoms with Crippen molar-refractivity contribution in [3.63, 3.8) is 0 Å². The zero-order valence-electron chi connectivity index (χ0n) is 10.3. The van der Waals surface area contributed by atoms with Crippen LogP contribution in [0.25, 0.3) is 0 Å². The first kappa shape index (κ1) is 14.4. The Bertz CT molecular complexity index is 367. The van der Waals surface area contributed by atoms with E-state index in [-0.39, 0.29) is 5.92 Å². The van der Waals surface area contributed by atoms with Crippen LogP contribution in [-0.2, 0) is 14.6 Å². The topological polar surface area (TPSA) is 103 Å². The first-order chi connectivity index (χ1) is 7.90. The fourth-order valence-electron chi connectivity index (χ4n) is 2.66. The maximum Gasteiger partial charge on any atom is 0.232 e. The summed E-state index contributed by atoms with van der Waals surface area (Å²) in [4.78, 5) is 10.8. The van der Waals surface area contributed by atoms with E-state index in [9.17, 15) is 13.2 Å². The van der Waals surface area contributed by atoms with Crippen LogP contribution in [0, 0.1) is 11.8 Å². The number of amides is 1. The molecule has 0 saturated heterocycles. The van der Waals surface area contributed by atoms with Crippen LogP contribution in [-0.4, -0.2) is 31.9 Å². The van der Waals surface area contributed by atoms with E-state index in [0.29, 0.717) is 18.9 Å². The Hall–Kier alpha value is -0.620. The van der Waals surface area contributed by atoms with E-state index in [1.807, 2.05) is 0 Å². The highest BCUT2D eigenvalue weighted by Gasteiger charge is 2.38. The summed E-state index contributed by atoms with van der Waals surface area (Å²) in [6.45, 7) is 2.42. The molecule has 3 atom stereocenters. The zero-order chi connectivity index (χ0) is 13.1. The van der Waals surface area contributed by atoms with Gasteiger partial charge in [-0.15, -0.1) is 0 Å². The molecule has 0 aliphatic heterocycles. The maximum absolute atomic E-state index is 12.1. The molecule has 0 spiro atoms. The van der Waals surface area contributed by atoms with Gasteiger partial charge in [0.2, 0.25) is 5.91 Å². The molecule has 17 heavy (non-hydrogen) atoms. The molecule has 1 saturated carbocycles. The molecule has 1 amide bonds. The number of primary amides is 1. The number of carbonyl (C=O) groups excluding carboxylic acids is 1. The lowest BCUT2D eigenvalue weighted by molar-refractivity contribution is -0.115. The van der Waals surface area contributed by atoms with Crippen molar-refractivity contribution in [2.45, 2.75) is 37.9 Å². The second-order valence-corrected chi connectivity index (χ2v) is 7.11. The third-order valence-corrected chi connectivity index (χ3v) is 5.91. The lowest BCUT2D eigenvalue weighted by atomic mass is 9.80. The van der Waals surface area contributed by atoms with Crippen molar-refractivity contribution < 1.29 is 13.2 Å². The molecular weight excluding hydrogens is 240 g/mol. The van der Waals surface area contributed by atoms with Gasteiger partial charge in [-0.2, -0.15) is 0 Å². The van der Waals surface area contributed by atoms with Crippen molar-refractivity contribution in [1.29, 1.82) is 0 Å². The van der Waals surface area contributed by atoms with E-state index in [1.54, 1.807) is 0 Å². The minimum absolute atomic E-state index is 0.0258. The monoisotopic (exact) mass is 262 g/mol. The van der Waals surface area contributed by atoms with Crippen molar-refractivity contribution in [1.82, 2.24) is 0 Å². The molecule has 1 fully saturated rings. The predicted octanol–water partition coefficient (Wildman–Crippen LogP) is 0.0401. The first-order valence-corrected chi connectivity index (χ1v) is 7.82. The van der Waals surface area contributed by atoms with Gasteiger partial charge in [-0.1, -0.05) is 19.8 Å². The normalized spacial score (nSPS) is 30.1. The predicted molar refractivity (Wildman–Crippen MR) is 66.9 cm³/mol. The zero-order valence-corrected chi connectivity index (χ0v) is 11.1. The SMILES string of the molecule is CCC1CCC(CN)C(S(=O)(=O)CC(N)=O)C1. The number of carbonyl (C=O) groups is 1. The van der Waals surface area contributed by atoms with Gasteiger partial charge in [0.15, 0.2) is 9.84 Å². The minimum Gasteiger partial charge on any atom is -0.369 e. The first-order valence-electron chi connectivity index (χ1n) is 6.10. The van der Waals surface area contributed by atoms with Gasteiger partial charge in [0.05, 0.1) is 5.25 Å². The standard InChI is InChI=1S/C11H22N2O3S/c1-2-8-3-4-9(6-12)10(5-8)17(15,16)7-11(13)14/h8-10H,2-7,12H2,1H3,(H2,13,14). The second-order valence-electron chi connectivity index (χ2n) is 4.90. The van der Waals surface area contributed by atoms with Crippen molar-refractivity contribution in [3.05, 3.63) is 0 Å². The number of rotatable bonds is 5. The van der Waals surface area contributed by atoms with Crippen LogP contribution in [0.4, 0.5) is 0 Å². The molecule has 0 radical (unpaired) electrons. The smallest absolute Gasteiger partial charge is 0.232 e. The van der Waals surface area contributed by atoms with Crippen LogP contribution >= 0.6 is 0 Å². The molecule has 4 N–H and O–H groups in total. The summed E-state index contributed by atoms with van der Waals surface area (Å²) in [6.07, 6.45) is 3.45. The van der Waals surface area contributed by atoms with Gasteiger partial charge in [-0.05, 0) is 31.2 Å². The summed E-state index contributed by atoms with van der Waals surface area (Å²) >= 11 is 0. The van der Waals surface area contributed by atoms with Crippen LogP contribution in [0.1, 0.15) is 32.6 Å². The quantitative estimate of drug-likeness (QED) is 0.730. The minimum atomic E-state index is -3.44. The van der Waals surface area contributed by atoms with Gasteiger partial charge in [0, 0.05) is 0 Å². The van der Waals surface area contributed by atoms with Gasteiger partial charge in [0.25, 0.3) is 0 Å². The summed E-state index contributed by atoms with van der Waals surface area (Å²) < 4.78 is 24.1. The van der Waals surface area contributed by atoms with Crippen LogP contribution in [0.15, 0.2) is 0 Å². The number of hydrogen-bond donors (Lipinski definition) is 2. The summed E-state index contributed by atoms with van der Waals surface area (Å²) in [5.74, 6) is -0.933. The molecular formula is C11H22N2O3S. The Kier molecular flexibility index (Phi) is 4.94. The molecule has 1 rings (SSSR count). The van der Waals surface area contributed by atoms with Crippen molar-refractivity contribution in [2.24, 2.45) is 23.3 Å². The molecule has 0 heterocycles. The van der Waals surface area contributed by atoms with Gasteiger partial charge in [0.1, 0.15) is 5.75 Å².